The predicted molar refractivity (Wildman–Crippen MR) is 93.6 cm³/mol. The molecule has 0 atom stereocenters. The number of nitrogens with one attached hydrogen (secondary N) is 2. The van der Waals surface area contributed by atoms with E-state index >= 15 is 0 Å². The second kappa shape index (κ2) is 7.87. The lowest BCUT2D eigenvalue weighted by atomic mass is 10.1. The van der Waals surface area contributed by atoms with Crippen LogP contribution in [-0.4, -0.2) is 44.8 Å². The summed E-state index contributed by atoms with van der Waals surface area (Å²) in [6.07, 6.45) is 0. The van der Waals surface area contributed by atoms with E-state index in [1.54, 1.807) is 12.1 Å². The number of carbonyl (C=O) groups is 3. The largest absolute Gasteiger partial charge is 0.486 e. The Balaban J connectivity index is 1.63. The van der Waals surface area contributed by atoms with E-state index in [1.807, 2.05) is 23.5 Å². The highest BCUT2D eigenvalue weighted by Crippen LogP contribution is 2.36. The van der Waals surface area contributed by atoms with Gasteiger partial charge in [0.1, 0.15) is 18.1 Å². The van der Waals surface area contributed by atoms with E-state index in [2.05, 4.69) is 5.32 Å². The summed E-state index contributed by atoms with van der Waals surface area (Å²) in [5, 5.41) is 4.24. The van der Waals surface area contributed by atoms with E-state index in [9.17, 15) is 14.4 Å². The van der Waals surface area contributed by atoms with Crippen LogP contribution in [0.2, 0.25) is 0 Å². The van der Waals surface area contributed by atoms with Gasteiger partial charge in [-0.2, -0.15) is 0 Å². The van der Waals surface area contributed by atoms with E-state index in [4.69, 9.17) is 14.2 Å². The molecule has 0 saturated heterocycles. The third-order valence-electron chi connectivity index (χ3n) is 3.45. The number of benzene rings is 1. The number of ether oxygens (including phenoxy) is 3. The average molecular weight is 376 g/mol. The van der Waals surface area contributed by atoms with Gasteiger partial charge in [-0.1, -0.05) is 0 Å². The molecule has 2 N–H and O–H groups in total. The first-order valence-electron chi connectivity index (χ1n) is 7.75. The summed E-state index contributed by atoms with van der Waals surface area (Å²) in [7, 11) is 1.37. The quantitative estimate of drug-likeness (QED) is 0.789. The molecule has 8 nitrogen and oxygen atoms in total. The van der Waals surface area contributed by atoms with E-state index in [0.29, 0.717) is 29.6 Å². The molecule has 3 amide bonds. The molecule has 1 aliphatic rings. The number of thiophene rings is 1. The number of rotatable bonds is 4. The molecule has 0 saturated carbocycles. The number of imide groups is 1. The molecule has 9 heteroatoms. The molecule has 136 valence electrons. The van der Waals surface area contributed by atoms with E-state index in [0.717, 1.165) is 10.4 Å². The number of hydrogen-bond acceptors (Lipinski definition) is 7. The second-order valence-electron chi connectivity index (χ2n) is 5.23. The average Bonchev–Trinajstić information content (AvgIpc) is 3.16. The maximum atomic E-state index is 12.0. The third kappa shape index (κ3) is 4.12. The summed E-state index contributed by atoms with van der Waals surface area (Å²) in [6.45, 7) is 0.481. The van der Waals surface area contributed by atoms with Gasteiger partial charge in [0.15, 0.2) is 18.1 Å². The molecular formula is C17H16N2O6S. The van der Waals surface area contributed by atoms with Gasteiger partial charge in [0.2, 0.25) is 0 Å². The normalized spacial score (nSPS) is 12.2. The molecule has 1 aliphatic heterocycles. The molecule has 1 aromatic carbocycles. The van der Waals surface area contributed by atoms with Crippen LogP contribution in [0.15, 0.2) is 30.3 Å². The lowest BCUT2D eigenvalue weighted by molar-refractivity contribution is -0.123. The molecule has 0 bridgehead atoms. The zero-order valence-electron chi connectivity index (χ0n) is 13.9. The number of carbonyl (C=O) groups excluding carboxylic acids is 3. The monoisotopic (exact) mass is 376 g/mol. The highest BCUT2D eigenvalue weighted by atomic mass is 32.1. The van der Waals surface area contributed by atoms with Crippen LogP contribution in [-0.2, 0) is 9.53 Å². The predicted octanol–water partition coefficient (Wildman–Crippen LogP) is 1.80. The van der Waals surface area contributed by atoms with Gasteiger partial charge in [-0.05, 0) is 35.9 Å². The van der Waals surface area contributed by atoms with Crippen LogP contribution in [0, 0.1) is 0 Å². The molecule has 2 heterocycles. The van der Waals surface area contributed by atoms with Crippen molar-refractivity contribution in [2.24, 2.45) is 0 Å². The van der Waals surface area contributed by atoms with Gasteiger partial charge >= 0.3 is 12.0 Å². The van der Waals surface area contributed by atoms with Crippen LogP contribution in [0.25, 0.3) is 10.4 Å². The summed E-state index contributed by atoms with van der Waals surface area (Å²) in [6, 6.07) is 8.30. The summed E-state index contributed by atoms with van der Waals surface area (Å²) in [5.41, 5.74) is 0.885. The van der Waals surface area contributed by atoms with Crippen molar-refractivity contribution in [2.45, 2.75) is 0 Å². The van der Waals surface area contributed by atoms with Crippen LogP contribution in [0.5, 0.6) is 11.5 Å². The number of fused-ring (bicyclic) bond motifs is 1. The SMILES string of the molecule is CNC(=O)NC(=O)COC(=O)c1ccc(-c2ccc3c(c2)OCCO3)s1. The molecule has 3 rings (SSSR count). The van der Waals surface area contributed by atoms with E-state index in [-0.39, 0.29) is 0 Å². The molecule has 0 aliphatic carbocycles. The minimum atomic E-state index is -0.707. The first kappa shape index (κ1) is 17.7. The van der Waals surface area contributed by atoms with Crippen molar-refractivity contribution in [3.05, 3.63) is 35.2 Å². The summed E-state index contributed by atoms with van der Waals surface area (Å²) < 4.78 is 16.0. The fourth-order valence-corrected chi connectivity index (χ4v) is 3.12. The lowest BCUT2D eigenvalue weighted by Gasteiger charge is -2.18. The van der Waals surface area contributed by atoms with Gasteiger partial charge in [0.25, 0.3) is 5.91 Å². The minimum Gasteiger partial charge on any atom is -0.486 e. The highest BCUT2D eigenvalue weighted by Gasteiger charge is 2.17. The van der Waals surface area contributed by atoms with E-state index < -0.39 is 24.5 Å². The van der Waals surface area contributed by atoms with Crippen molar-refractivity contribution in [3.63, 3.8) is 0 Å². The van der Waals surface area contributed by atoms with Crippen molar-refractivity contribution in [3.8, 4) is 21.9 Å². The standard InChI is InChI=1S/C17H16N2O6S/c1-18-17(22)19-15(20)9-25-16(21)14-5-4-13(26-14)10-2-3-11-12(8-10)24-7-6-23-11/h2-5,8H,6-7,9H2,1H3,(H2,18,19,20,22). The fourth-order valence-electron chi connectivity index (χ4n) is 2.23. The van der Waals surface area contributed by atoms with Gasteiger partial charge in [0, 0.05) is 11.9 Å². The molecule has 0 fully saturated rings. The van der Waals surface area contributed by atoms with Gasteiger partial charge in [-0.15, -0.1) is 11.3 Å². The van der Waals surface area contributed by atoms with E-state index in [1.165, 1.54) is 18.4 Å². The maximum Gasteiger partial charge on any atom is 0.348 e. The van der Waals surface area contributed by atoms with Gasteiger partial charge in [-0.25, -0.2) is 9.59 Å². The van der Waals surface area contributed by atoms with Crippen LogP contribution in [0.3, 0.4) is 0 Å². The van der Waals surface area contributed by atoms with Gasteiger partial charge < -0.3 is 19.5 Å². The van der Waals surface area contributed by atoms with Crippen LogP contribution < -0.4 is 20.1 Å². The molecule has 0 unspecified atom stereocenters. The Labute approximate surface area is 153 Å². The highest BCUT2D eigenvalue weighted by molar-refractivity contribution is 7.17. The summed E-state index contributed by atoms with van der Waals surface area (Å²) in [4.78, 5) is 35.7. The third-order valence-corrected chi connectivity index (χ3v) is 4.56. The number of hydrogen-bond donors (Lipinski definition) is 2. The Bertz CT molecular complexity index is 848. The molecule has 0 spiro atoms. The van der Waals surface area contributed by atoms with Crippen molar-refractivity contribution in [2.75, 3.05) is 26.9 Å². The van der Waals surface area contributed by atoms with Crippen molar-refractivity contribution in [1.29, 1.82) is 0 Å². The summed E-state index contributed by atoms with van der Waals surface area (Å²) in [5.74, 6) is 0.0163. The Morgan fingerprint density at radius 2 is 1.88 bits per heavy atom. The zero-order chi connectivity index (χ0) is 18.5. The van der Waals surface area contributed by atoms with Crippen molar-refractivity contribution in [1.82, 2.24) is 10.6 Å². The van der Waals surface area contributed by atoms with Crippen LogP contribution >= 0.6 is 11.3 Å². The maximum absolute atomic E-state index is 12.0. The first-order valence-corrected chi connectivity index (χ1v) is 8.57. The Morgan fingerprint density at radius 1 is 1.12 bits per heavy atom. The van der Waals surface area contributed by atoms with Crippen LogP contribution in [0.4, 0.5) is 4.79 Å². The molecule has 0 radical (unpaired) electrons. The Hall–Kier alpha value is -3.07. The van der Waals surface area contributed by atoms with Crippen LogP contribution in [0.1, 0.15) is 9.67 Å². The number of amides is 3. The molecule has 1 aromatic heterocycles. The van der Waals surface area contributed by atoms with Crippen molar-refractivity contribution < 1.29 is 28.6 Å². The minimum absolute atomic E-state index is 0.350. The smallest absolute Gasteiger partial charge is 0.348 e. The lowest BCUT2D eigenvalue weighted by Crippen LogP contribution is -2.39. The Morgan fingerprint density at radius 3 is 2.65 bits per heavy atom. The van der Waals surface area contributed by atoms with Crippen molar-refractivity contribution >= 4 is 29.2 Å². The summed E-state index contributed by atoms with van der Waals surface area (Å²) >= 11 is 1.23. The Kier molecular flexibility index (Phi) is 5.37. The molecule has 26 heavy (non-hydrogen) atoms. The number of esters is 1. The molecular weight excluding hydrogens is 360 g/mol. The zero-order valence-corrected chi connectivity index (χ0v) is 14.7. The molecule has 2 aromatic rings. The fraction of sp³-hybridized carbons (Fsp3) is 0.235. The first-order chi connectivity index (χ1) is 12.6. The second-order valence-corrected chi connectivity index (χ2v) is 6.31. The van der Waals surface area contributed by atoms with Gasteiger partial charge in [0.05, 0.1) is 0 Å². The number of urea groups is 1. The van der Waals surface area contributed by atoms with Gasteiger partial charge in [-0.3, -0.25) is 10.1 Å². The topological polar surface area (TPSA) is 103 Å².